The first-order chi connectivity index (χ1) is 12.6. The van der Waals surface area contributed by atoms with Crippen LogP contribution in [0.1, 0.15) is 24.1 Å². The number of piperazine rings is 1. The summed E-state index contributed by atoms with van der Waals surface area (Å²) in [5.41, 5.74) is 3.82. The lowest BCUT2D eigenvalue weighted by Gasteiger charge is -2.34. The van der Waals surface area contributed by atoms with Crippen molar-refractivity contribution in [3.05, 3.63) is 35.1 Å². The Morgan fingerprint density at radius 2 is 2.04 bits per heavy atom. The number of carbonyl (C=O) groups is 2. The maximum atomic E-state index is 12.3. The second kappa shape index (κ2) is 8.81. The van der Waals surface area contributed by atoms with E-state index in [2.05, 4.69) is 38.4 Å². The van der Waals surface area contributed by atoms with E-state index in [-0.39, 0.29) is 24.7 Å². The van der Waals surface area contributed by atoms with Gasteiger partial charge in [0.1, 0.15) is 5.51 Å². The largest absolute Gasteiger partial charge is 0.340 e. The van der Waals surface area contributed by atoms with Crippen LogP contribution in [0.5, 0.6) is 0 Å². The molecule has 0 spiro atoms. The molecule has 0 aromatic carbocycles. The molecule has 0 unspecified atom stereocenters. The summed E-state index contributed by atoms with van der Waals surface area (Å²) < 4.78 is 0. The van der Waals surface area contributed by atoms with Crippen LogP contribution in [0, 0.1) is 6.92 Å². The molecule has 2 aromatic rings. The molecule has 26 heavy (non-hydrogen) atoms. The zero-order valence-corrected chi connectivity index (χ0v) is 15.5. The molecule has 1 fully saturated rings. The lowest BCUT2D eigenvalue weighted by molar-refractivity contribution is -0.134. The molecule has 0 aliphatic carbocycles. The van der Waals surface area contributed by atoms with Gasteiger partial charge in [0.05, 0.1) is 5.69 Å². The zero-order chi connectivity index (χ0) is 18.4. The monoisotopic (exact) mass is 374 g/mol. The van der Waals surface area contributed by atoms with Gasteiger partial charge in [0.2, 0.25) is 16.9 Å². The second-order valence-corrected chi connectivity index (χ2v) is 7.05. The van der Waals surface area contributed by atoms with E-state index < -0.39 is 0 Å². The van der Waals surface area contributed by atoms with Gasteiger partial charge < -0.3 is 10.2 Å². The Balaban J connectivity index is 1.39. The van der Waals surface area contributed by atoms with Crippen molar-refractivity contribution in [1.29, 1.82) is 0 Å². The van der Waals surface area contributed by atoms with E-state index in [1.807, 2.05) is 17.2 Å². The molecule has 1 aliphatic rings. The Kier molecular flexibility index (Phi) is 6.24. The van der Waals surface area contributed by atoms with Gasteiger partial charge in [0.25, 0.3) is 0 Å². The summed E-state index contributed by atoms with van der Waals surface area (Å²) in [6.45, 7) is 5.87. The number of hydrogen-bond acceptors (Lipinski definition) is 7. The molecule has 138 valence electrons. The first-order valence-corrected chi connectivity index (χ1v) is 9.46. The van der Waals surface area contributed by atoms with Gasteiger partial charge in [-0.15, -0.1) is 10.2 Å². The van der Waals surface area contributed by atoms with Crippen LogP contribution in [0.4, 0.5) is 5.13 Å². The van der Waals surface area contributed by atoms with Crippen molar-refractivity contribution in [2.24, 2.45) is 0 Å². The molecule has 2 amide bonds. The maximum absolute atomic E-state index is 12.3. The van der Waals surface area contributed by atoms with Gasteiger partial charge in [0.15, 0.2) is 0 Å². The smallest absolute Gasteiger partial charge is 0.226 e. The van der Waals surface area contributed by atoms with Crippen LogP contribution in [0.15, 0.2) is 23.8 Å². The van der Waals surface area contributed by atoms with E-state index in [0.29, 0.717) is 18.2 Å². The summed E-state index contributed by atoms with van der Waals surface area (Å²) in [7, 11) is 0. The van der Waals surface area contributed by atoms with Gasteiger partial charge in [-0.25, -0.2) is 0 Å². The van der Waals surface area contributed by atoms with Crippen LogP contribution in [0.2, 0.25) is 0 Å². The quantitative estimate of drug-likeness (QED) is 0.820. The standard InChI is InChI=1S/C17H22N6O2S/c1-13-3-2-6-18-14(13)11-22-7-9-23(10-8-22)16(25)5-4-15(24)20-17-21-19-12-26-17/h2-3,6,12H,4-5,7-11H2,1H3,(H,20,21,24). The Labute approximate surface area is 156 Å². The van der Waals surface area contributed by atoms with E-state index in [4.69, 9.17) is 0 Å². The van der Waals surface area contributed by atoms with Crippen molar-refractivity contribution in [1.82, 2.24) is 25.0 Å². The zero-order valence-electron chi connectivity index (χ0n) is 14.7. The highest BCUT2D eigenvalue weighted by Crippen LogP contribution is 2.12. The third-order valence-electron chi connectivity index (χ3n) is 4.39. The minimum Gasteiger partial charge on any atom is -0.340 e. The number of anilines is 1. The van der Waals surface area contributed by atoms with Crippen LogP contribution < -0.4 is 5.32 Å². The number of hydrogen-bond donors (Lipinski definition) is 1. The van der Waals surface area contributed by atoms with Crippen molar-refractivity contribution < 1.29 is 9.59 Å². The molecule has 1 N–H and O–H groups in total. The molecule has 0 saturated carbocycles. The molecule has 0 atom stereocenters. The molecular formula is C17H22N6O2S. The minimum atomic E-state index is -0.209. The van der Waals surface area contributed by atoms with E-state index in [1.54, 1.807) is 5.51 Å². The summed E-state index contributed by atoms with van der Waals surface area (Å²) in [4.78, 5) is 32.7. The van der Waals surface area contributed by atoms with Crippen LogP contribution >= 0.6 is 11.3 Å². The Hall–Kier alpha value is -2.39. The lowest BCUT2D eigenvalue weighted by Crippen LogP contribution is -2.48. The second-order valence-electron chi connectivity index (χ2n) is 6.22. The number of aromatic nitrogens is 3. The van der Waals surface area contributed by atoms with E-state index >= 15 is 0 Å². The van der Waals surface area contributed by atoms with Gasteiger partial charge in [-0.3, -0.25) is 19.5 Å². The summed E-state index contributed by atoms with van der Waals surface area (Å²) in [5.74, 6) is -0.189. The molecule has 3 heterocycles. The number of nitrogens with one attached hydrogen (secondary N) is 1. The Morgan fingerprint density at radius 1 is 1.23 bits per heavy atom. The Bertz CT molecular complexity index is 743. The molecule has 1 saturated heterocycles. The molecule has 0 radical (unpaired) electrons. The van der Waals surface area contributed by atoms with Gasteiger partial charge >= 0.3 is 0 Å². The number of nitrogens with zero attached hydrogens (tertiary/aromatic N) is 5. The average molecular weight is 374 g/mol. The van der Waals surface area contributed by atoms with Crippen molar-refractivity contribution in [3.8, 4) is 0 Å². The number of amides is 2. The summed E-state index contributed by atoms with van der Waals surface area (Å²) in [5, 5.41) is 10.5. The third kappa shape index (κ3) is 5.06. The highest BCUT2D eigenvalue weighted by atomic mass is 32.1. The van der Waals surface area contributed by atoms with E-state index in [0.717, 1.165) is 25.3 Å². The van der Waals surface area contributed by atoms with Gasteiger partial charge in [-0.2, -0.15) is 0 Å². The van der Waals surface area contributed by atoms with Crippen molar-refractivity contribution >= 4 is 28.3 Å². The van der Waals surface area contributed by atoms with Crippen LogP contribution in [-0.2, 0) is 16.1 Å². The van der Waals surface area contributed by atoms with E-state index in [1.165, 1.54) is 16.9 Å². The first-order valence-electron chi connectivity index (χ1n) is 8.58. The fraction of sp³-hybridized carbons (Fsp3) is 0.471. The number of aryl methyl sites for hydroxylation is 1. The fourth-order valence-electron chi connectivity index (χ4n) is 2.84. The minimum absolute atomic E-state index is 0.0195. The van der Waals surface area contributed by atoms with Crippen LogP contribution in [0.25, 0.3) is 0 Å². The summed E-state index contributed by atoms with van der Waals surface area (Å²) in [6.07, 6.45) is 2.19. The summed E-state index contributed by atoms with van der Waals surface area (Å²) >= 11 is 1.26. The number of rotatable bonds is 6. The highest BCUT2D eigenvalue weighted by Gasteiger charge is 2.22. The fourth-order valence-corrected chi connectivity index (χ4v) is 3.30. The molecule has 2 aromatic heterocycles. The Morgan fingerprint density at radius 3 is 2.73 bits per heavy atom. The number of carbonyl (C=O) groups excluding carboxylic acids is 2. The molecule has 9 heteroatoms. The normalized spacial score (nSPS) is 15.0. The van der Waals surface area contributed by atoms with Crippen LogP contribution in [0.3, 0.4) is 0 Å². The molecule has 8 nitrogen and oxygen atoms in total. The summed E-state index contributed by atoms with van der Waals surface area (Å²) in [6, 6.07) is 4.01. The average Bonchev–Trinajstić information content (AvgIpc) is 3.15. The molecule has 0 bridgehead atoms. The maximum Gasteiger partial charge on any atom is 0.226 e. The SMILES string of the molecule is Cc1cccnc1CN1CCN(C(=O)CCC(=O)Nc2nncs2)CC1. The lowest BCUT2D eigenvalue weighted by atomic mass is 10.2. The van der Waals surface area contributed by atoms with E-state index in [9.17, 15) is 9.59 Å². The molecule has 1 aliphatic heterocycles. The van der Waals surface area contributed by atoms with Crippen molar-refractivity contribution in [2.45, 2.75) is 26.3 Å². The van der Waals surface area contributed by atoms with Crippen molar-refractivity contribution in [2.75, 3.05) is 31.5 Å². The third-order valence-corrected chi connectivity index (χ3v) is 5.00. The van der Waals surface area contributed by atoms with Crippen molar-refractivity contribution in [3.63, 3.8) is 0 Å². The predicted molar refractivity (Wildman–Crippen MR) is 98.6 cm³/mol. The first kappa shape index (κ1) is 18.4. The highest BCUT2D eigenvalue weighted by molar-refractivity contribution is 7.13. The van der Waals surface area contributed by atoms with Crippen LogP contribution in [-0.4, -0.2) is 63.0 Å². The van der Waals surface area contributed by atoms with Gasteiger partial charge in [0, 0.05) is 51.8 Å². The molecular weight excluding hydrogens is 352 g/mol. The van der Waals surface area contributed by atoms with Gasteiger partial charge in [-0.1, -0.05) is 17.4 Å². The predicted octanol–water partition coefficient (Wildman–Crippen LogP) is 1.30. The molecule has 3 rings (SSSR count). The topological polar surface area (TPSA) is 91.3 Å². The number of pyridine rings is 1. The van der Waals surface area contributed by atoms with Gasteiger partial charge in [-0.05, 0) is 18.6 Å².